The molecule has 0 aliphatic heterocycles. The standard InChI is InChI=1S/C10H8ClNO3/c1-2-5-3-6(10(14)15)9(12)8(11)7(5)4-13/h2-4H,1,12H2,(H,14,15). The first kappa shape index (κ1) is 11.3. The van der Waals surface area contributed by atoms with E-state index in [4.69, 9.17) is 22.4 Å². The van der Waals surface area contributed by atoms with Crippen LogP contribution >= 0.6 is 11.6 Å². The molecule has 0 aliphatic carbocycles. The Hall–Kier alpha value is -1.81. The third-order valence-electron chi connectivity index (χ3n) is 1.94. The highest BCUT2D eigenvalue weighted by atomic mass is 35.5. The minimum absolute atomic E-state index is 0.0557. The van der Waals surface area contributed by atoms with Gasteiger partial charge in [-0.15, -0.1) is 0 Å². The molecule has 0 bridgehead atoms. The van der Waals surface area contributed by atoms with Gasteiger partial charge in [0.1, 0.15) is 0 Å². The van der Waals surface area contributed by atoms with Crippen LogP contribution in [0.3, 0.4) is 0 Å². The average molecular weight is 226 g/mol. The third-order valence-corrected chi connectivity index (χ3v) is 2.35. The Morgan fingerprint density at radius 1 is 1.60 bits per heavy atom. The maximum Gasteiger partial charge on any atom is 0.337 e. The predicted molar refractivity (Wildman–Crippen MR) is 58.3 cm³/mol. The summed E-state index contributed by atoms with van der Waals surface area (Å²) in [6, 6.07) is 1.26. The minimum Gasteiger partial charge on any atom is -0.478 e. The van der Waals surface area contributed by atoms with Crippen molar-refractivity contribution in [1.29, 1.82) is 0 Å². The molecular formula is C10H8ClNO3. The van der Waals surface area contributed by atoms with E-state index in [1.54, 1.807) is 0 Å². The Morgan fingerprint density at radius 2 is 2.20 bits per heavy atom. The van der Waals surface area contributed by atoms with Gasteiger partial charge in [0.2, 0.25) is 0 Å². The molecule has 0 saturated heterocycles. The van der Waals surface area contributed by atoms with Crippen LogP contribution in [0.25, 0.3) is 6.08 Å². The van der Waals surface area contributed by atoms with Gasteiger partial charge in [0, 0.05) is 5.56 Å². The maximum absolute atomic E-state index is 10.8. The SMILES string of the molecule is C=Cc1cc(C(=O)O)c(N)c(Cl)c1C=O. The van der Waals surface area contributed by atoms with Crippen molar-refractivity contribution in [3.05, 3.63) is 34.4 Å². The summed E-state index contributed by atoms with van der Waals surface area (Å²) in [6.45, 7) is 3.46. The van der Waals surface area contributed by atoms with Crippen LogP contribution in [-0.4, -0.2) is 17.4 Å². The zero-order chi connectivity index (χ0) is 11.6. The summed E-state index contributed by atoms with van der Waals surface area (Å²) in [5, 5.41) is 8.76. The summed E-state index contributed by atoms with van der Waals surface area (Å²) in [4.78, 5) is 21.5. The quantitative estimate of drug-likeness (QED) is 0.610. The van der Waals surface area contributed by atoms with Gasteiger partial charge in [-0.3, -0.25) is 4.79 Å². The monoisotopic (exact) mass is 225 g/mol. The van der Waals surface area contributed by atoms with Gasteiger partial charge in [-0.1, -0.05) is 24.3 Å². The Balaban J connectivity index is 3.63. The smallest absolute Gasteiger partial charge is 0.337 e. The summed E-state index contributed by atoms with van der Waals surface area (Å²) in [7, 11) is 0. The molecule has 15 heavy (non-hydrogen) atoms. The molecule has 0 heterocycles. The number of aromatic carboxylic acids is 1. The number of hydrogen-bond donors (Lipinski definition) is 2. The van der Waals surface area contributed by atoms with Gasteiger partial charge in [-0.2, -0.15) is 0 Å². The zero-order valence-corrected chi connectivity index (χ0v) is 8.41. The Labute approximate surface area is 91.0 Å². The highest BCUT2D eigenvalue weighted by Gasteiger charge is 2.16. The lowest BCUT2D eigenvalue weighted by atomic mass is 10.0. The molecule has 0 amide bonds. The van der Waals surface area contributed by atoms with Crippen molar-refractivity contribution in [3.63, 3.8) is 0 Å². The minimum atomic E-state index is -1.20. The van der Waals surface area contributed by atoms with E-state index >= 15 is 0 Å². The largest absolute Gasteiger partial charge is 0.478 e. The average Bonchev–Trinajstić information content (AvgIpc) is 2.21. The van der Waals surface area contributed by atoms with E-state index in [0.29, 0.717) is 11.8 Å². The van der Waals surface area contributed by atoms with E-state index in [1.165, 1.54) is 12.1 Å². The molecule has 4 nitrogen and oxygen atoms in total. The Morgan fingerprint density at radius 3 is 2.60 bits per heavy atom. The molecule has 5 heteroatoms. The normalized spacial score (nSPS) is 9.67. The molecule has 0 saturated carbocycles. The number of nitrogens with two attached hydrogens (primary N) is 1. The van der Waals surface area contributed by atoms with Gasteiger partial charge >= 0.3 is 5.97 Å². The van der Waals surface area contributed by atoms with Crippen LogP contribution in [0, 0.1) is 0 Å². The third kappa shape index (κ3) is 1.85. The molecule has 1 aromatic carbocycles. The van der Waals surface area contributed by atoms with Crippen LogP contribution in [0.1, 0.15) is 26.3 Å². The predicted octanol–water partition coefficient (Wildman–Crippen LogP) is 2.08. The van der Waals surface area contributed by atoms with Crippen molar-refractivity contribution in [2.45, 2.75) is 0 Å². The number of carbonyl (C=O) groups excluding carboxylic acids is 1. The fourth-order valence-electron chi connectivity index (χ4n) is 1.17. The molecule has 0 fully saturated rings. The van der Waals surface area contributed by atoms with E-state index in [2.05, 4.69) is 6.58 Å². The van der Waals surface area contributed by atoms with Crippen LogP contribution in [0.5, 0.6) is 0 Å². The molecule has 0 aromatic heterocycles. The molecule has 3 N–H and O–H groups in total. The van der Waals surface area contributed by atoms with Crippen LogP contribution in [0.4, 0.5) is 5.69 Å². The number of hydrogen-bond acceptors (Lipinski definition) is 3. The maximum atomic E-state index is 10.8. The highest BCUT2D eigenvalue weighted by Crippen LogP contribution is 2.29. The second-order valence-corrected chi connectivity index (χ2v) is 3.16. The van der Waals surface area contributed by atoms with Crippen molar-refractivity contribution in [2.75, 3.05) is 5.73 Å². The van der Waals surface area contributed by atoms with Gasteiger partial charge in [0.15, 0.2) is 6.29 Å². The molecule has 0 spiro atoms. The molecule has 1 aromatic rings. The molecule has 0 atom stereocenters. The number of carboxylic acids is 1. The van der Waals surface area contributed by atoms with Crippen LogP contribution in [-0.2, 0) is 0 Å². The summed E-state index contributed by atoms with van der Waals surface area (Å²) < 4.78 is 0. The second kappa shape index (κ2) is 4.14. The molecular weight excluding hydrogens is 218 g/mol. The van der Waals surface area contributed by atoms with Gasteiger partial charge in [-0.25, -0.2) is 4.79 Å². The summed E-state index contributed by atoms with van der Waals surface area (Å²) >= 11 is 5.76. The molecule has 78 valence electrons. The van der Waals surface area contributed by atoms with Crippen molar-refractivity contribution in [1.82, 2.24) is 0 Å². The van der Waals surface area contributed by atoms with Crippen LogP contribution in [0.15, 0.2) is 12.6 Å². The number of halogens is 1. The van der Waals surface area contributed by atoms with Crippen LogP contribution in [0.2, 0.25) is 5.02 Å². The van der Waals surface area contributed by atoms with Gasteiger partial charge < -0.3 is 10.8 Å². The second-order valence-electron chi connectivity index (χ2n) is 2.78. The summed E-state index contributed by atoms with van der Waals surface area (Å²) in [5.74, 6) is -1.20. The summed E-state index contributed by atoms with van der Waals surface area (Å²) in [5.41, 5.74) is 5.72. The molecule has 0 radical (unpaired) electrons. The number of aldehydes is 1. The molecule has 1 rings (SSSR count). The first-order valence-corrected chi connectivity index (χ1v) is 4.33. The first-order valence-electron chi connectivity index (χ1n) is 3.95. The fourth-order valence-corrected chi connectivity index (χ4v) is 1.42. The van der Waals surface area contributed by atoms with Crippen molar-refractivity contribution in [2.24, 2.45) is 0 Å². The number of rotatable bonds is 3. The first-order chi connectivity index (χ1) is 7.02. The Bertz CT molecular complexity index is 454. The van der Waals surface area contributed by atoms with Crippen LogP contribution < -0.4 is 5.73 Å². The number of benzene rings is 1. The highest BCUT2D eigenvalue weighted by molar-refractivity contribution is 6.36. The lowest BCUT2D eigenvalue weighted by Gasteiger charge is -2.08. The van der Waals surface area contributed by atoms with E-state index in [-0.39, 0.29) is 21.8 Å². The zero-order valence-electron chi connectivity index (χ0n) is 7.66. The van der Waals surface area contributed by atoms with Gasteiger partial charge in [0.25, 0.3) is 0 Å². The van der Waals surface area contributed by atoms with E-state index < -0.39 is 5.97 Å². The lowest BCUT2D eigenvalue weighted by molar-refractivity contribution is 0.0697. The number of nitrogen functional groups attached to an aromatic ring is 1. The van der Waals surface area contributed by atoms with E-state index in [9.17, 15) is 9.59 Å². The summed E-state index contributed by atoms with van der Waals surface area (Å²) in [6.07, 6.45) is 1.86. The lowest BCUT2D eigenvalue weighted by Crippen LogP contribution is -2.06. The molecule has 0 unspecified atom stereocenters. The van der Waals surface area contributed by atoms with Gasteiger partial charge in [-0.05, 0) is 11.6 Å². The van der Waals surface area contributed by atoms with Crippen molar-refractivity contribution >= 4 is 35.6 Å². The topological polar surface area (TPSA) is 80.4 Å². The number of anilines is 1. The Kier molecular flexibility index (Phi) is 3.11. The van der Waals surface area contributed by atoms with Crippen molar-refractivity contribution < 1.29 is 14.7 Å². The fraction of sp³-hybridized carbons (Fsp3) is 0. The van der Waals surface area contributed by atoms with E-state index in [0.717, 1.165) is 0 Å². The van der Waals surface area contributed by atoms with Crippen molar-refractivity contribution in [3.8, 4) is 0 Å². The van der Waals surface area contributed by atoms with Gasteiger partial charge in [0.05, 0.1) is 16.3 Å². The van der Waals surface area contributed by atoms with E-state index in [1.807, 2.05) is 0 Å². The number of carboxylic acid groups (broad SMARTS) is 1. The molecule has 0 aliphatic rings. The number of carbonyl (C=O) groups is 2.